The Bertz CT molecular complexity index is 947. The Morgan fingerprint density at radius 2 is 1.46 bits per heavy atom. The van der Waals surface area contributed by atoms with Crippen molar-refractivity contribution in [2.24, 2.45) is 0 Å². The van der Waals surface area contributed by atoms with Gasteiger partial charge in [-0.15, -0.1) is 11.8 Å². The number of carbonyl (C=O) groups is 1. The number of esters is 1. The monoisotopic (exact) mass is 386 g/mol. The van der Waals surface area contributed by atoms with Crippen molar-refractivity contribution >= 4 is 17.7 Å². The minimum atomic E-state index is -0.207. The lowest BCUT2D eigenvalue weighted by molar-refractivity contribution is -0.144. The van der Waals surface area contributed by atoms with Crippen molar-refractivity contribution in [1.82, 2.24) is 0 Å². The smallest absolute Gasteiger partial charge is 0.344 e. The molecular formula is C25H22O2S. The summed E-state index contributed by atoms with van der Waals surface area (Å²) in [7, 11) is 0. The van der Waals surface area contributed by atoms with E-state index in [-0.39, 0.29) is 12.1 Å². The third kappa shape index (κ3) is 4.55. The Morgan fingerprint density at radius 3 is 2.14 bits per heavy atom. The summed E-state index contributed by atoms with van der Waals surface area (Å²) in [5, 5.41) is 0. The molecule has 0 N–H and O–H groups in total. The molecule has 3 heteroatoms. The Balaban J connectivity index is 1.35. The van der Waals surface area contributed by atoms with E-state index in [9.17, 15) is 4.79 Å². The zero-order valence-corrected chi connectivity index (χ0v) is 16.4. The summed E-state index contributed by atoms with van der Waals surface area (Å²) in [5.74, 6) is 0.669. The highest BCUT2D eigenvalue weighted by Gasteiger charge is 2.24. The van der Waals surface area contributed by atoms with Crippen LogP contribution in [0.15, 0.2) is 95.9 Å². The van der Waals surface area contributed by atoms with Crippen molar-refractivity contribution < 1.29 is 9.53 Å². The SMILES string of the molecule is O=C1OC(c2ccc(-c3ccccc3)cc2)CC=C1SCCc1ccccc1. The molecular weight excluding hydrogens is 364 g/mol. The molecule has 0 saturated carbocycles. The number of hydrogen-bond donors (Lipinski definition) is 0. The van der Waals surface area contributed by atoms with Gasteiger partial charge in [0.15, 0.2) is 0 Å². The molecule has 3 aromatic carbocycles. The van der Waals surface area contributed by atoms with Crippen LogP contribution >= 0.6 is 11.8 Å². The predicted octanol–water partition coefficient (Wildman–Crippen LogP) is 6.20. The fourth-order valence-corrected chi connectivity index (χ4v) is 4.24. The third-order valence-electron chi connectivity index (χ3n) is 4.85. The van der Waals surface area contributed by atoms with Crippen LogP contribution < -0.4 is 0 Å². The van der Waals surface area contributed by atoms with E-state index in [1.165, 1.54) is 16.7 Å². The average Bonchev–Trinajstić information content (AvgIpc) is 2.76. The Kier molecular flexibility index (Phi) is 5.93. The van der Waals surface area contributed by atoms with Crippen LogP contribution in [-0.2, 0) is 16.0 Å². The molecule has 0 aromatic heterocycles. The highest BCUT2D eigenvalue weighted by atomic mass is 32.2. The second kappa shape index (κ2) is 8.94. The van der Waals surface area contributed by atoms with E-state index in [1.807, 2.05) is 42.5 Å². The highest BCUT2D eigenvalue weighted by Crippen LogP contribution is 2.33. The van der Waals surface area contributed by atoms with Crippen LogP contribution in [0.3, 0.4) is 0 Å². The number of thioether (sulfide) groups is 1. The highest BCUT2D eigenvalue weighted by molar-refractivity contribution is 8.03. The minimum absolute atomic E-state index is 0.198. The Morgan fingerprint density at radius 1 is 0.821 bits per heavy atom. The Hall–Kier alpha value is -2.78. The summed E-state index contributed by atoms with van der Waals surface area (Å²) < 4.78 is 5.71. The molecule has 1 aliphatic rings. The number of ether oxygens (including phenoxy) is 1. The van der Waals surface area contributed by atoms with E-state index in [0.717, 1.165) is 29.1 Å². The predicted molar refractivity (Wildman–Crippen MR) is 116 cm³/mol. The van der Waals surface area contributed by atoms with Gasteiger partial charge in [-0.3, -0.25) is 0 Å². The molecule has 0 fully saturated rings. The van der Waals surface area contributed by atoms with Gasteiger partial charge in [-0.25, -0.2) is 4.79 Å². The van der Waals surface area contributed by atoms with Gasteiger partial charge in [-0.05, 0) is 28.7 Å². The van der Waals surface area contributed by atoms with Crippen LogP contribution in [0.25, 0.3) is 11.1 Å². The lowest BCUT2D eigenvalue weighted by Crippen LogP contribution is -2.17. The lowest BCUT2D eigenvalue weighted by atomic mass is 10.00. The third-order valence-corrected chi connectivity index (χ3v) is 5.90. The molecule has 0 amide bonds. The van der Waals surface area contributed by atoms with Crippen LogP contribution in [0, 0.1) is 0 Å². The molecule has 140 valence electrons. The molecule has 0 saturated heterocycles. The van der Waals surface area contributed by atoms with E-state index in [2.05, 4.69) is 48.5 Å². The van der Waals surface area contributed by atoms with Gasteiger partial charge in [0.25, 0.3) is 0 Å². The van der Waals surface area contributed by atoms with Gasteiger partial charge in [-0.1, -0.05) is 91.0 Å². The fourth-order valence-electron chi connectivity index (χ4n) is 3.30. The molecule has 0 bridgehead atoms. The normalized spacial score (nSPS) is 16.4. The molecule has 4 rings (SSSR count). The molecule has 3 aromatic rings. The number of aryl methyl sites for hydroxylation is 1. The maximum absolute atomic E-state index is 12.4. The number of carbonyl (C=O) groups excluding carboxylic acids is 1. The molecule has 28 heavy (non-hydrogen) atoms. The van der Waals surface area contributed by atoms with Crippen molar-refractivity contribution in [2.75, 3.05) is 5.75 Å². The van der Waals surface area contributed by atoms with Crippen LogP contribution in [0.5, 0.6) is 0 Å². The first kappa shape index (κ1) is 18.6. The van der Waals surface area contributed by atoms with Crippen molar-refractivity contribution in [2.45, 2.75) is 18.9 Å². The summed E-state index contributed by atoms with van der Waals surface area (Å²) in [6.45, 7) is 0. The molecule has 1 heterocycles. The molecule has 0 aliphatic carbocycles. The summed E-state index contributed by atoms with van der Waals surface area (Å²) in [6.07, 6.45) is 3.50. The van der Waals surface area contributed by atoms with E-state index in [4.69, 9.17) is 4.74 Å². The zero-order chi connectivity index (χ0) is 19.2. The zero-order valence-electron chi connectivity index (χ0n) is 15.6. The standard InChI is InChI=1S/C25H22O2S/c26-25-24(28-18-17-19-7-3-1-4-8-19)16-15-23(27-25)22-13-11-21(12-14-22)20-9-5-2-6-10-20/h1-14,16,23H,15,17-18H2. The summed E-state index contributed by atoms with van der Waals surface area (Å²) >= 11 is 1.58. The number of benzene rings is 3. The first-order valence-corrected chi connectivity index (χ1v) is 10.5. The van der Waals surface area contributed by atoms with Crippen molar-refractivity contribution in [3.63, 3.8) is 0 Å². The maximum Gasteiger partial charge on any atom is 0.344 e. The number of hydrogen-bond acceptors (Lipinski definition) is 3. The largest absolute Gasteiger partial charge is 0.453 e. The van der Waals surface area contributed by atoms with Crippen molar-refractivity contribution in [1.29, 1.82) is 0 Å². The van der Waals surface area contributed by atoms with Crippen LogP contribution in [0.2, 0.25) is 0 Å². The van der Waals surface area contributed by atoms with Gasteiger partial charge >= 0.3 is 5.97 Å². The van der Waals surface area contributed by atoms with Gasteiger partial charge in [0.05, 0.1) is 4.91 Å². The van der Waals surface area contributed by atoms with E-state index < -0.39 is 0 Å². The van der Waals surface area contributed by atoms with Gasteiger partial charge < -0.3 is 4.74 Å². The molecule has 0 spiro atoms. The fraction of sp³-hybridized carbons (Fsp3) is 0.160. The van der Waals surface area contributed by atoms with E-state index >= 15 is 0 Å². The second-order valence-corrected chi connectivity index (χ2v) is 7.91. The van der Waals surface area contributed by atoms with Crippen molar-refractivity contribution in [3.05, 3.63) is 107 Å². The summed E-state index contributed by atoms with van der Waals surface area (Å²) in [4.78, 5) is 13.1. The van der Waals surface area contributed by atoms with Gasteiger partial charge in [0, 0.05) is 12.2 Å². The topological polar surface area (TPSA) is 26.3 Å². The maximum atomic E-state index is 12.4. The molecule has 1 aliphatic heterocycles. The summed E-state index contributed by atoms with van der Waals surface area (Å²) in [6, 6.07) is 28.9. The second-order valence-electron chi connectivity index (χ2n) is 6.77. The van der Waals surface area contributed by atoms with Crippen molar-refractivity contribution in [3.8, 4) is 11.1 Å². The molecule has 0 radical (unpaired) electrons. The van der Waals surface area contributed by atoms with Gasteiger partial charge in [0.1, 0.15) is 6.10 Å². The quantitative estimate of drug-likeness (QED) is 0.472. The minimum Gasteiger partial charge on any atom is -0.453 e. The Labute approximate surface area is 170 Å². The van der Waals surface area contributed by atoms with Gasteiger partial charge in [-0.2, -0.15) is 0 Å². The first-order chi connectivity index (χ1) is 13.8. The first-order valence-electron chi connectivity index (χ1n) is 9.53. The van der Waals surface area contributed by atoms with Crippen LogP contribution in [0.4, 0.5) is 0 Å². The summed E-state index contributed by atoms with van der Waals surface area (Å²) in [5.41, 5.74) is 4.68. The van der Waals surface area contributed by atoms with Crippen LogP contribution in [-0.4, -0.2) is 11.7 Å². The number of cyclic esters (lactones) is 1. The number of rotatable bonds is 6. The van der Waals surface area contributed by atoms with Gasteiger partial charge in [0.2, 0.25) is 0 Å². The van der Waals surface area contributed by atoms with E-state index in [1.54, 1.807) is 11.8 Å². The van der Waals surface area contributed by atoms with E-state index in [0.29, 0.717) is 0 Å². The average molecular weight is 387 g/mol. The van der Waals surface area contributed by atoms with Crippen LogP contribution in [0.1, 0.15) is 23.7 Å². The lowest BCUT2D eigenvalue weighted by Gasteiger charge is -2.22. The molecule has 2 nitrogen and oxygen atoms in total. The molecule has 1 unspecified atom stereocenters. The molecule has 1 atom stereocenters.